The van der Waals surface area contributed by atoms with Crippen molar-refractivity contribution < 1.29 is 9.72 Å². The van der Waals surface area contributed by atoms with Crippen LogP contribution < -0.4 is 5.32 Å². The molecule has 0 aromatic carbocycles. The molecule has 9 nitrogen and oxygen atoms in total. The van der Waals surface area contributed by atoms with Crippen molar-refractivity contribution in [2.75, 3.05) is 5.32 Å². The maximum atomic E-state index is 11.9. The summed E-state index contributed by atoms with van der Waals surface area (Å²) in [5.74, 6) is -0.321. The highest BCUT2D eigenvalue weighted by atomic mass is 16.6. The first-order valence-corrected chi connectivity index (χ1v) is 5.85. The molecule has 106 valence electrons. The topological polar surface area (TPSA) is 108 Å². The van der Waals surface area contributed by atoms with Crippen molar-refractivity contribution in [2.24, 2.45) is 7.05 Å². The molecule has 0 aliphatic carbocycles. The zero-order chi connectivity index (χ0) is 14.9. The van der Waals surface area contributed by atoms with Gasteiger partial charge in [-0.3, -0.25) is 24.3 Å². The van der Waals surface area contributed by atoms with Gasteiger partial charge in [0, 0.05) is 13.2 Å². The quantitative estimate of drug-likeness (QED) is 0.656. The third kappa shape index (κ3) is 2.66. The number of carbonyl (C=O) groups is 1. The van der Waals surface area contributed by atoms with E-state index in [0.717, 1.165) is 0 Å². The molecular formula is C11H14N6O3. The second-order valence-electron chi connectivity index (χ2n) is 4.39. The third-order valence-corrected chi connectivity index (χ3v) is 2.81. The number of rotatable bonds is 4. The van der Waals surface area contributed by atoms with Crippen molar-refractivity contribution in [3.63, 3.8) is 0 Å². The van der Waals surface area contributed by atoms with Crippen LogP contribution in [-0.2, 0) is 18.4 Å². The Bertz CT molecular complexity index is 672. The van der Waals surface area contributed by atoms with E-state index >= 15 is 0 Å². The van der Waals surface area contributed by atoms with Crippen LogP contribution in [0, 0.1) is 24.0 Å². The lowest BCUT2D eigenvalue weighted by Crippen LogP contribution is -2.20. The lowest BCUT2D eigenvalue weighted by atomic mass is 10.3. The molecule has 2 aromatic heterocycles. The SMILES string of the molecule is Cc1nn(CC(=O)Nc2cnn(C)c2)c(C)c1[N+](=O)[O-]. The Labute approximate surface area is 114 Å². The molecule has 1 N–H and O–H groups in total. The van der Waals surface area contributed by atoms with Crippen LogP contribution in [0.4, 0.5) is 11.4 Å². The van der Waals surface area contributed by atoms with Gasteiger partial charge in [0.15, 0.2) is 0 Å². The first-order valence-electron chi connectivity index (χ1n) is 5.85. The van der Waals surface area contributed by atoms with Gasteiger partial charge in [0.25, 0.3) is 0 Å². The second-order valence-corrected chi connectivity index (χ2v) is 4.39. The van der Waals surface area contributed by atoms with Gasteiger partial charge in [-0.05, 0) is 13.8 Å². The Morgan fingerprint density at radius 3 is 2.70 bits per heavy atom. The van der Waals surface area contributed by atoms with E-state index in [0.29, 0.717) is 17.1 Å². The number of aromatic nitrogens is 4. The van der Waals surface area contributed by atoms with E-state index in [9.17, 15) is 14.9 Å². The van der Waals surface area contributed by atoms with Crippen molar-refractivity contribution in [1.82, 2.24) is 19.6 Å². The number of nitro groups is 1. The van der Waals surface area contributed by atoms with E-state index in [-0.39, 0.29) is 18.1 Å². The van der Waals surface area contributed by atoms with Gasteiger partial charge in [-0.15, -0.1) is 0 Å². The molecule has 9 heteroatoms. The number of hydrogen-bond donors (Lipinski definition) is 1. The molecule has 0 unspecified atom stereocenters. The number of amides is 1. The van der Waals surface area contributed by atoms with E-state index in [4.69, 9.17) is 0 Å². The summed E-state index contributed by atoms with van der Waals surface area (Å²) in [5.41, 5.74) is 1.16. The van der Waals surface area contributed by atoms with E-state index in [1.54, 1.807) is 31.8 Å². The summed E-state index contributed by atoms with van der Waals surface area (Å²) in [5, 5.41) is 21.5. The minimum absolute atomic E-state index is 0.0563. The Hall–Kier alpha value is -2.71. The standard InChI is InChI=1S/C11H14N6O3/c1-7-11(17(19)20)8(2)16(14-7)6-10(18)13-9-4-12-15(3)5-9/h4-5H,6H2,1-3H3,(H,13,18). The number of anilines is 1. The number of nitrogens with one attached hydrogen (secondary N) is 1. The Kier molecular flexibility index (Phi) is 3.51. The molecule has 0 aliphatic rings. The molecule has 0 aliphatic heterocycles. The fourth-order valence-electron chi connectivity index (χ4n) is 1.93. The molecule has 2 heterocycles. The fourth-order valence-corrected chi connectivity index (χ4v) is 1.93. The molecule has 0 saturated heterocycles. The van der Waals surface area contributed by atoms with Crippen LogP contribution in [0.2, 0.25) is 0 Å². The van der Waals surface area contributed by atoms with Crippen LogP contribution in [0.1, 0.15) is 11.4 Å². The number of hydrogen-bond acceptors (Lipinski definition) is 5. The number of carbonyl (C=O) groups excluding carboxylic acids is 1. The maximum Gasteiger partial charge on any atom is 0.312 e. The van der Waals surface area contributed by atoms with E-state index in [2.05, 4.69) is 15.5 Å². The van der Waals surface area contributed by atoms with Crippen LogP contribution in [0.25, 0.3) is 0 Å². The molecular weight excluding hydrogens is 264 g/mol. The molecule has 0 bridgehead atoms. The van der Waals surface area contributed by atoms with Gasteiger partial charge in [-0.25, -0.2) is 0 Å². The van der Waals surface area contributed by atoms with Crippen molar-refractivity contribution >= 4 is 17.3 Å². The van der Waals surface area contributed by atoms with Gasteiger partial charge in [-0.1, -0.05) is 0 Å². The molecule has 1 amide bonds. The van der Waals surface area contributed by atoms with E-state index in [1.165, 1.54) is 10.9 Å². The number of nitrogens with zero attached hydrogens (tertiary/aromatic N) is 5. The predicted molar refractivity (Wildman–Crippen MR) is 70.2 cm³/mol. The van der Waals surface area contributed by atoms with Crippen LogP contribution in [-0.4, -0.2) is 30.4 Å². The molecule has 20 heavy (non-hydrogen) atoms. The summed E-state index contributed by atoms with van der Waals surface area (Å²) >= 11 is 0. The lowest BCUT2D eigenvalue weighted by molar-refractivity contribution is -0.386. The minimum Gasteiger partial charge on any atom is -0.322 e. The third-order valence-electron chi connectivity index (χ3n) is 2.81. The highest BCUT2D eigenvalue weighted by Crippen LogP contribution is 2.21. The average molecular weight is 278 g/mol. The Balaban J connectivity index is 2.12. The monoisotopic (exact) mass is 278 g/mol. The molecule has 0 radical (unpaired) electrons. The Morgan fingerprint density at radius 2 is 2.20 bits per heavy atom. The highest BCUT2D eigenvalue weighted by molar-refractivity contribution is 5.90. The van der Waals surface area contributed by atoms with E-state index < -0.39 is 4.92 Å². The molecule has 0 fully saturated rings. The summed E-state index contributed by atoms with van der Waals surface area (Å²) in [7, 11) is 1.74. The first kappa shape index (κ1) is 13.7. The molecule has 0 saturated carbocycles. The predicted octanol–water partition coefficient (Wildman–Crippen LogP) is 0.780. The van der Waals surface area contributed by atoms with Crippen molar-refractivity contribution in [2.45, 2.75) is 20.4 Å². The first-order chi connectivity index (χ1) is 9.38. The minimum atomic E-state index is -0.493. The van der Waals surface area contributed by atoms with Gasteiger partial charge >= 0.3 is 5.69 Å². The van der Waals surface area contributed by atoms with Crippen LogP contribution in [0.15, 0.2) is 12.4 Å². The van der Waals surface area contributed by atoms with Crippen LogP contribution in [0.3, 0.4) is 0 Å². The van der Waals surface area contributed by atoms with E-state index in [1.807, 2.05) is 0 Å². The zero-order valence-electron chi connectivity index (χ0n) is 11.3. The van der Waals surface area contributed by atoms with Gasteiger partial charge in [0.05, 0.1) is 16.8 Å². The second kappa shape index (κ2) is 5.11. The highest BCUT2D eigenvalue weighted by Gasteiger charge is 2.22. The molecule has 0 atom stereocenters. The molecule has 2 aromatic rings. The largest absolute Gasteiger partial charge is 0.322 e. The normalized spacial score (nSPS) is 10.6. The van der Waals surface area contributed by atoms with Gasteiger partial charge in [0.2, 0.25) is 5.91 Å². The lowest BCUT2D eigenvalue weighted by Gasteiger charge is -2.04. The summed E-state index contributed by atoms with van der Waals surface area (Å²) in [6, 6.07) is 0. The van der Waals surface area contributed by atoms with Crippen molar-refractivity contribution in [3.8, 4) is 0 Å². The molecule has 2 rings (SSSR count). The van der Waals surface area contributed by atoms with Crippen LogP contribution in [0.5, 0.6) is 0 Å². The summed E-state index contributed by atoms with van der Waals surface area (Å²) in [4.78, 5) is 22.2. The molecule has 0 spiro atoms. The fraction of sp³-hybridized carbons (Fsp3) is 0.364. The summed E-state index contributed by atoms with van der Waals surface area (Å²) in [6.07, 6.45) is 3.17. The smallest absolute Gasteiger partial charge is 0.312 e. The van der Waals surface area contributed by atoms with Crippen molar-refractivity contribution in [3.05, 3.63) is 33.9 Å². The van der Waals surface area contributed by atoms with Crippen molar-refractivity contribution in [1.29, 1.82) is 0 Å². The van der Waals surface area contributed by atoms with Gasteiger partial charge in [0.1, 0.15) is 17.9 Å². The Morgan fingerprint density at radius 1 is 1.50 bits per heavy atom. The van der Waals surface area contributed by atoms with Gasteiger partial charge in [-0.2, -0.15) is 10.2 Å². The van der Waals surface area contributed by atoms with Gasteiger partial charge < -0.3 is 5.32 Å². The maximum absolute atomic E-state index is 11.9. The zero-order valence-corrected chi connectivity index (χ0v) is 11.3. The number of aryl methyl sites for hydroxylation is 2. The van der Waals surface area contributed by atoms with Crippen LogP contribution >= 0.6 is 0 Å². The average Bonchev–Trinajstić information content (AvgIpc) is 2.84. The summed E-state index contributed by atoms with van der Waals surface area (Å²) < 4.78 is 2.88. The summed E-state index contributed by atoms with van der Waals surface area (Å²) in [6.45, 7) is 3.02.